The van der Waals surface area contributed by atoms with E-state index in [1.165, 1.54) is 11.3 Å². The molecule has 1 aromatic carbocycles. The number of nitrogens with zero attached hydrogens (tertiary/aromatic N) is 6. The summed E-state index contributed by atoms with van der Waals surface area (Å²) in [5.41, 5.74) is 4.46. The van der Waals surface area contributed by atoms with E-state index in [1.807, 2.05) is 5.38 Å². The van der Waals surface area contributed by atoms with Crippen molar-refractivity contribution in [1.29, 1.82) is 0 Å². The van der Waals surface area contributed by atoms with Gasteiger partial charge in [-0.1, -0.05) is 11.6 Å². The fourth-order valence-electron chi connectivity index (χ4n) is 5.10. The number of rotatable bonds is 6. The lowest BCUT2D eigenvalue weighted by atomic mass is 10.1. The Labute approximate surface area is 229 Å². The summed E-state index contributed by atoms with van der Waals surface area (Å²) in [7, 11) is 0. The summed E-state index contributed by atoms with van der Waals surface area (Å²) >= 11 is 8.06. The zero-order valence-corrected chi connectivity index (χ0v) is 22.4. The van der Waals surface area contributed by atoms with E-state index in [0.29, 0.717) is 22.3 Å². The number of nitrogens with one attached hydrogen (secondary N) is 2. The molecule has 0 bridgehead atoms. The Morgan fingerprint density at radius 1 is 1.08 bits per heavy atom. The van der Waals surface area contributed by atoms with E-state index in [9.17, 15) is 9.90 Å². The number of hydrogen-bond acceptors (Lipinski definition) is 9. The molecule has 2 aliphatic heterocycles. The van der Waals surface area contributed by atoms with Gasteiger partial charge in [0.25, 0.3) is 0 Å². The van der Waals surface area contributed by atoms with Crippen LogP contribution >= 0.6 is 22.9 Å². The molecular formula is C26H29ClN8O2S. The number of anilines is 3. The van der Waals surface area contributed by atoms with Crippen molar-refractivity contribution in [3.63, 3.8) is 0 Å². The minimum atomic E-state index is -0.189. The number of H-pyrrole nitrogens is 1. The minimum absolute atomic E-state index is 0.0557. The smallest absolute Gasteiger partial charge is 0.240 e. The molecule has 198 valence electrons. The number of pyridine rings is 1. The van der Waals surface area contributed by atoms with Crippen LogP contribution in [-0.4, -0.2) is 87.8 Å². The molecule has 3 aromatic heterocycles. The van der Waals surface area contributed by atoms with E-state index < -0.39 is 0 Å². The molecule has 0 radical (unpaired) electrons. The van der Waals surface area contributed by atoms with Gasteiger partial charge in [-0.3, -0.25) is 9.69 Å². The van der Waals surface area contributed by atoms with Crippen molar-refractivity contribution in [3.05, 3.63) is 47.1 Å². The van der Waals surface area contributed by atoms with Gasteiger partial charge in [0, 0.05) is 62.1 Å². The summed E-state index contributed by atoms with van der Waals surface area (Å²) in [6.45, 7) is 4.99. The quantitative estimate of drug-likeness (QED) is 0.333. The average Bonchev–Trinajstić information content (AvgIpc) is 3.60. The van der Waals surface area contributed by atoms with Crippen LogP contribution in [0, 0.1) is 0 Å². The van der Waals surface area contributed by atoms with Crippen molar-refractivity contribution in [2.75, 3.05) is 60.9 Å². The summed E-state index contributed by atoms with van der Waals surface area (Å²) in [5, 5.41) is 15.7. The fourth-order valence-corrected chi connectivity index (χ4v) is 5.91. The number of piperidine rings is 1. The van der Waals surface area contributed by atoms with E-state index in [2.05, 4.69) is 59.2 Å². The number of benzene rings is 1. The van der Waals surface area contributed by atoms with Crippen LogP contribution in [0.5, 0.6) is 0 Å². The third-order valence-corrected chi connectivity index (χ3v) is 8.12. The monoisotopic (exact) mass is 552 g/mol. The first-order chi connectivity index (χ1) is 18.5. The Balaban J connectivity index is 1.15. The Kier molecular flexibility index (Phi) is 7.16. The number of fused-ring (bicyclic) bond motifs is 1. The van der Waals surface area contributed by atoms with E-state index in [1.54, 1.807) is 12.4 Å². The summed E-state index contributed by atoms with van der Waals surface area (Å²) < 4.78 is 0. The third kappa shape index (κ3) is 5.32. The number of carbonyl (C=O) groups is 1. The molecular weight excluding hydrogens is 524 g/mol. The molecule has 5 heterocycles. The lowest BCUT2D eigenvalue weighted by Gasteiger charge is -2.36. The molecule has 12 heteroatoms. The Hall–Kier alpha value is -3.25. The molecule has 2 aliphatic rings. The molecule has 10 nitrogen and oxygen atoms in total. The lowest BCUT2D eigenvalue weighted by Crippen LogP contribution is -2.48. The van der Waals surface area contributed by atoms with Crippen molar-refractivity contribution in [3.8, 4) is 11.4 Å². The number of thiazole rings is 1. The van der Waals surface area contributed by atoms with Gasteiger partial charge in [-0.05, 0) is 37.1 Å². The van der Waals surface area contributed by atoms with Crippen LogP contribution in [0.2, 0.25) is 5.02 Å². The number of halogens is 1. The summed E-state index contributed by atoms with van der Waals surface area (Å²) in [6.07, 6.45) is 4.75. The average molecular weight is 553 g/mol. The van der Waals surface area contributed by atoms with Crippen LogP contribution in [0.1, 0.15) is 12.8 Å². The Morgan fingerprint density at radius 3 is 2.55 bits per heavy atom. The van der Waals surface area contributed by atoms with E-state index in [4.69, 9.17) is 16.6 Å². The molecule has 0 spiro atoms. The molecule has 2 fully saturated rings. The second-order valence-corrected chi connectivity index (χ2v) is 11.0. The van der Waals surface area contributed by atoms with E-state index in [0.717, 1.165) is 80.4 Å². The van der Waals surface area contributed by atoms with Crippen LogP contribution in [-0.2, 0) is 4.79 Å². The first kappa shape index (κ1) is 25.1. The first-order valence-electron chi connectivity index (χ1n) is 12.8. The first-order valence-corrected chi connectivity index (χ1v) is 14.0. The number of amides is 1. The zero-order chi connectivity index (χ0) is 26.1. The van der Waals surface area contributed by atoms with Gasteiger partial charge in [0.2, 0.25) is 5.91 Å². The Morgan fingerprint density at radius 2 is 1.84 bits per heavy atom. The van der Waals surface area contributed by atoms with Gasteiger partial charge < -0.3 is 25.2 Å². The molecule has 4 aromatic rings. The topological polar surface area (TPSA) is 114 Å². The van der Waals surface area contributed by atoms with Crippen molar-refractivity contribution >= 4 is 56.5 Å². The maximum Gasteiger partial charge on any atom is 0.240 e. The molecule has 0 saturated carbocycles. The van der Waals surface area contributed by atoms with Gasteiger partial charge in [-0.25, -0.2) is 15.0 Å². The SMILES string of the molecule is O=C(CN1CCN(c2c(Cl)cnc3nc(-c4ccc(N5CCC(O)CC5)cc4)[nH]c23)CC1)Nc1nccs1. The largest absolute Gasteiger partial charge is 0.393 e. The molecule has 0 atom stereocenters. The molecule has 0 unspecified atom stereocenters. The van der Waals surface area contributed by atoms with Gasteiger partial charge in [-0.2, -0.15) is 0 Å². The van der Waals surface area contributed by atoms with Crippen molar-refractivity contribution < 1.29 is 9.90 Å². The molecule has 2 saturated heterocycles. The second kappa shape index (κ2) is 10.9. The maximum atomic E-state index is 12.4. The van der Waals surface area contributed by atoms with Gasteiger partial charge >= 0.3 is 0 Å². The highest BCUT2D eigenvalue weighted by Gasteiger charge is 2.24. The highest BCUT2D eigenvalue weighted by molar-refractivity contribution is 7.13. The summed E-state index contributed by atoms with van der Waals surface area (Å²) in [5.74, 6) is 0.689. The van der Waals surface area contributed by atoms with Crippen LogP contribution in [0.15, 0.2) is 42.0 Å². The number of aromatic nitrogens is 4. The highest BCUT2D eigenvalue weighted by atomic mass is 35.5. The molecule has 3 N–H and O–H groups in total. The lowest BCUT2D eigenvalue weighted by molar-refractivity contribution is -0.117. The predicted octanol–water partition coefficient (Wildman–Crippen LogP) is 3.46. The molecule has 38 heavy (non-hydrogen) atoms. The van der Waals surface area contributed by atoms with Gasteiger partial charge in [0.1, 0.15) is 11.3 Å². The number of aliphatic hydroxyl groups excluding tert-OH is 1. The zero-order valence-electron chi connectivity index (χ0n) is 20.8. The fraction of sp³-hybridized carbons (Fsp3) is 0.385. The number of aliphatic hydroxyl groups is 1. The van der Waals surface area contributed by atoms with Crippen LogP contribution < -0.4 is 15.1 Å². The number of carbonyl (C=O) groups excluding carboxylic acids is 1. The van der Waals surface area contributed by atoms with Crippen LogP contribution in [0.4, 0.5) is 16.5 Å². The van der Waals surface area contributed by atoms with E-state index >= 15 is 0 Å². The van der Waals surface area contributed by atoms with Crippen LogP contribution in [0.25, 0.3) is 22.6 Å². The van der Waals surface area contributed by atoms with Crippen molar-refractivity contribution in [2.45, 2.75) is 18.9 Å². The summed E-state index contributed by atoms with van der Waals surface area (Å²) in [4.78, 5) is 35.8. The Bertz CT molecular complexity index is 1390. The molecule has 1 amide bonds. The van der Waals surface area contributed by atoms with Gasteiger partial charge in [-0.15, -0.1) is 11.3 Å². The number of aromatic amines is 1. The number of hydrogen-bond donors (Lipinski definition) is 3. The molecule has 0 aliphatic carbocycles. The normalized spacial score (nSPS) is 17.3. The van der Waals surface area contributed by atoms with Gasteiger partial charge in [0.05, 0.1) is 29.6 Å². The highest BCUT2D eigenvalue weighted by Crippen LogP contribution is 2.34. The third-order valence-electron chi connectivity index (χ3n) is 7.15. The van der Waals surface area contributed by atoms with Crippen LogP contribution in [0.3, 0.4) is 0 Å². The maximum absolute atomic E-state index is 12.4. The van der Waals surface area contributed by atoms with Crippen molar-refractivity contribution in [1.82, 2.24) is 24.8 Å². The van der Waals surface area contributed by atoms with Crippen molar-refractivity contribution in [2.24, 2.45) is 0 Å². The summed E-state index contributed by atoms with van der Waals surface area (Å²) in [6, 6.07) is 8.33. The van der Waals surface area contributed by atoms with E-state index in [-0.39, 0.29) is 12.0 Å². The molecule has 6 rings (SSSR count). The number of piperazine rings is 1. The number of imidazole rings is 1. The van der Waals surface area contributed by atoms with Gasteiger partial charge in [0.15, 0.2) is 10.8 Å². The predicted molar refractivity (Wildman–Crippen MR) is 151 cm³/mol. The minimum Gasteiger partial charge on any atom is -0.393 e. The standard InChI is InChI=1S/C26H29ClN8O2S/c27-20-15-29-25-22(23(20)35-12-10-33(11-13-35)16-21(37)30-26-28-7-14-38-26)31-24(32-25)17-1-3-18(4-2-17)34-8-5-19(36)6-9-34/h1-4,7,14-15,19,36H,5-6,8-13,16H2,(H,28,30,37)(H,29,31,32). The second-order valence-electron chi connectivity index (χ2n) is 9.65.